The normalized spacial score (nSPS) is 32.1. The summed E-state index contributed by atoms with van der Waals surface area (Å²) in [5.74, 6) is 0. The molecule has 10 heavy (non-hydrogen) atoms. The minimum absolute atomic E-state index is 0.979. The summed E-state index contributed by atoms with van der Waals surface area (Å²) < 4.78 is 6.62. The van der Waals surface area contributed by atoms with Crippen molar-refractivity contribution in [3.05, 3.63) is 0 Å². The van der Waals surface area contributed by atoms with E-state index in [1.54, 1.807) is 0 Å². The molecular weight excluding hydrogens is 126 g/mol. The van der Waals surface area contributed by atoms with Crippen LogP contribution in [0, 0.1) is 0 Å². The van der Waals surface area contributed by atoms with E-state index < -0.39 is 0 Å². The van der Waals surface area contributed by atoms with Gasteiger partial charge in [-0.05, 0) is 0 Å². The lowest BCUT2D eigenvalue weighted by molar-refractivity contribution is -0.927. The predicted octanol–water partition coefficient (Wildman–Crippen LogP) is 0.626. The summed E-state index contributed by atoms with van der Waals surface area (Å²) in [6.45, 7) is 4.44. The number of morpholine rings is 1. The smallest absolute Gasteiger partial charge is 0.102 e. The maximum Gasteiger partial charge on any atom is 0.102 e. The highest BCUT2D eigenvalue weighted by atomic mass is 16.5. The molecule has 1 heterocycles. The lowest BCUT2D eigenvalue weighted by Gasteiger charge is -2.37. The van der Waals surface area contributed by atoms with Crippen LogP contribution in [-0.4, -0.2) is 43.9 Å². The molecule has 0 bridgehead atoms. The van der Waals surface area contributed by atoms with Crippen LogP contribution in [0.15, 0.2) is 0 Å². The quantitative estimate of drug-likeness (QED) is 0.488. The Morgan fingerprint density at radius 3 is 2.30 bits per heavy atom. The van der Waals surface area contributed by atoms with Crippen LogP contribution in [0.25, 0.3) is 0 Å². The molecule has 0 aromatic carbocycles. The molecule has 2 aliphatic rings. The minimum atomic E-state index is 0.979. The van der Waals surface area contributed by atoms with Gasteiger partial charge in [0.2, 0.25) is 0 Å². The molecule has 0 amide bonds. The van der Waals surface area contributed by atoms with Gasteiger partial charge in [-0.25, -0.2) is 0 Å². The van der Waals surface area contributed by atoms with Crippen molar-refractivity contribution < 1.29 is 9.22 Å². The zero-order chi connectivity index (χ0) is 7.03. The van der Waals surface area contributed by atoms with Crippen molar-refractivity contribution in [1.29, 1.82) is 0 Å². The van der Waals surface area contributed by atoms with Crippen molar-refractivity contribution in [2.45, 2.75) is 18.9 Å². The molecule has 0 unspecified atom stereocenters. The molecule has 2 heteroatoms. The topological polar surface area (TPSA) is 9.23 Å². The molecule has 1 saturated heterocycles. The number of likely N-dealkylation sites (N-methyl/N-ethyl adjacent to an activating group) is 1. The van der Waals surface area contributed by atoms with Crippen LogP contribution in [0.1, 0.15) is 12.8 Å². The summed E-state index contributed by atoms with van der Waals surface area (Å²) in [5.41, 5.74) is 0. The first kappa shape index (κ1) is 6.62. The van der Waals surface area contributed by atoms with Gasteiger partial charge in [0.25, 0.3) is 0 Å². The Morgan fingerprint density at radius 1 is 1.20 bits per heavy atom. The molecule has 1 aliphatic heterocycles. The fraction of sp³-hybridized carbons (Fsp3) is 1.00. The maximum absolute atomic E-state index is 5.33. The average molecular weight is 142 g/mol. The van der Waals surface area contributed by atoms with Gasteiger partial charge in [-0.2, -0.15) is 0 Å². The lowest BCUT2D eigenvalue weighted by atomic mass is 10.3. The van der Waals surface area contributed by atoms with E-state index in [2.05, 4.69) is 7.05 Å². The average Bonchev–Trinajstić information content (AvgIpc) is 2.69. The van der Waals surface area contributed by atoms with Gasteiger partial charge in [0.1, 0.15) is 13.1 Å². The Bertz CT molecular complexity index is 125. The molecule has 0 spiro atoms. The second kappa shape index (κ2) is 2.21. The maximum atomic E-state index is 5.33. The van der Waals surface area contributed by atoms with Crippen LogP contribution in [-0.2, 0) is 4.74 Å². The van der Waals surface area contributed by atoms with Crippen molar-refractivity contribution in [1.82, 2.24) is 0 Å². The molecule has 0 aromatic heterocycles. The number of hydrogen-bond donors (Lipinski definition) is 0. The monoisotopic (exact) mass is 142 g/mol. The molecule has 1 saturated carbocycles. The summed E-state index contributed by atoms with van der Waals surface area (Å²) in [5, 5.41) is 0. The van der Waals surface area contributed by atoms with E-state index in [1.807, 2.05) is 0 Å². The minimum Gasteiger partial charge on any atom is -0.370 e. The third-order valence-electron chi connectivity index (χ3n) is 2.92. The van der Waals surface area contributed by atoms with Crippen LogP contribution < -0.4 is 0 Å². The fourth-order valence-corrected chi connectivity index (χ4v) is 1.82. The Morgan fingerprint density at radius 2 is 1.80 bits per heavy atom. The Kier molecular flexibility index (Phi) is 1.46. The van der Waals surface area contributed by atoms with Gasteiger partial charge < -0.3 is 9.22 Å². The summed E-state index contributed by atoms with van der Waals surface area (Å²) >= 11 is 0. The number of hydrogen-bond acceptors (Lipinski definition) is 1. The van der Waals surface area contributed by atoms with Crippen molar-refractivity contribution in [2.24, 2.45) is 0 Å². The van der Waals surface area contributed by atoms with Crippen molar-refractivity contribution in [3.63, 3.8) is 0 Å². The Hall–Kier alpha value is -0.0800. The van der Waals surface area contributed by atoms with Gasteiger partial charge >= 0.3 is 0 Å². The summed E-state index contributed by atoms with van der Waals surface area (Å²) in [4.78, 5) is 0. The second-order valence-electron chi connectivity index (χ2n) is 3.77. The zero-order valence-electron chi connectivity index (χ0n) is 6.68. The molecular formula is C8H16NO+. The van der Waals surface area contributed by atoms with Crippen molar-refractivity contribution in [2.75, 3.05) is 33.4 Å². The Balaban J connectivity index is 1.97. The molecule has 2 fully saturated rings. The Labute approximate surface area is 62.4 Å². The van der Waals surface area contributed by atoms with Gasteiger partial charge in [-0.15, -0.1) is 0 Å². The van der Waals surface area contributed by atoms with E-state index in [4.69, 9.17) is 4.74 Å². The number of ether oxygens (including phenoxy) is 1. The molecule has 0 aromatic rings. The van der Waals surface area contributed by atoms with Crippen molar-refractivity contribution >= 4 is 0 Å². The third kappa shape index (κ3) is 1.06. The first-order valence-corrected chi connectivity index (χ1v) is 4.23. The van der Waals surface area contributed by atoms with Gasteiger partial charge in [0, 0.05) is 12.8 Å². The number of rotatable bonds is 1. The lowest BCUT2D eigenvalue weighted by Crippen LogP contribution is -2.53. The highest BCUT2D eigenvalue weighted by molar-refractivity contribution is 4.75. The molecule has 58 valence electrons. The first-order chi connectivity index (χ1) is 4.81. The van der Waals surface area contributed by atoms with Gasteiger partial charge in [0.15, 0.2) is 0 Å². The van der Waals surface area contributed by atoms with E-state index in [1.165, 1.54) is 30.4 Å². The number of nitrogens with zero attached hydrogens (tertiary/aromatic N) is 1. The highest BCUT2D eigenvalue weighted by Gasteiger charge is 2.42. The standard InChI is InChI=1S/C8H16NO/c1-9(8-2-3-8)4-6-10-7-5-9/h8H,2-7H2,1H3/q+1. The summed E-state index contributed by atoms with van der Waals surface area (Å²) in [7, 11) is 2.38. The van der Waals surface area contributed by atoms with Crippen LogP contribution in [0.2, 0.25) is 0 Å². The molecule has 2 nitrogen and oxygen atoms in total. The van der Waals surface area contributed by atoms with Crippen molar-refractivity contribution in [3.8, 4) is 0 Å². The van der Waals surface area contributed by atoms with E-state index in [0.717, 1.165) is 19.3 Å². The SMILES string of the molecule is C[N+]1(C2CC2)CCOCC1. The first-order valence-electron chi connectivity index (χ1n) is 4.23. The molecule has 1 aliphatic carbocycles. The third-order valence-corrected chi connectivity index (χ3v) is 2.92. The predicted molar refractivity (Wildman–Crippen MR) is 39.8 cm³/mol. The van der Waals surface area contributed by atoms with Gasteiger partial charge in [0.05, 0.1) is 26.3 Å². The fourth-order valence-electron chi connectivity index (χ4n) is 1.82. The van der Waals surface area contributed by atoms with E-state index in [0.29, 0.717) is 0 Å². The van der Waals surface area contributed by atoms with E-state index in [9.17, 15) is 0 Å². The molecule has 0 N–H and O–H groups in total. The largest absolute Gasteiger partial charge is 0.370 e. The molecule has 0 atom stereocenters. The van der Waals surface area contributed by atoms with Crippen LogP contribution in [0.4, 0.5) is 0 Å². The van der Waals surface area contributed by atoms with E-state index >= 15 is 0 Å². The second-order valence-corrected chi connectivity index (χ2v) is 3.77. The van der Waals surface area contributed by atoms with Crippen LogP contribution >= 0.6 is 0 Å². The van der Waals surface area contributed by atoms with Gasteiger partial charge in [-0.3, -0.25) is 0 Å². The zero-order valence-corrected chi connectivity index (χ0v) is 6.68. The summed E-state index contributed by atoms with van der Waals surface area (Å²) in [6, 6.07) is 0.990. The number of quaternary nitrogens is 1. The molecule has 2 rings (SSSR count). The molecule has 0 radical (unpaired) electrons. The van der Waals surface area contributed by atoms with Crippen LogP contribution in [0.5, 0.6) is 0 Å². The summed E-state index contributed by atoms with van der Waals surface area (Å²) in [6.07, 6.45) is 2.91. The van der Waals surface area contributed by atoms with Crippen LogP contribution in [0.3, 0.4) is 0 Å². The van der Waals surface area contributed by atoms with Gasteiger partial charge in [-0.1, -0.05) is 0 Å². The highest BCUT2D eigenvalue weighted by Crippen LogP contribution is 2.32. The van der Waals surface area contributed by atoms with E-state index in [-0.39, 0.29) is 0 Å².